The summed E-state index contributed by atoms with van der Waals surface area (Å²) in [5.74, 6) is 0.925. The summed E-state index contributed by atoms with van der Waals surface area (Å²) < 4.78 is 42.7. The lowest BCUT2D eigenvalue weighted by molar-refractivity contribution is -0.364. The first-order valence-electron chi connectivity index (χ1n) is 7.20. The second-order valence-corrected chi connectivity index (χ2v) is 5.40. The number of phenols is 1. The molecule has 0 spiro atoms. The zero-order valence-corrected chi connectivity index (χ0v) is 13.9. The molecule has 0 amide bonds. The van der Waals surface area contributed by atoms with Gasteiger partial charge in [-0.25, -0.2) is 4.98 Å². The molecule has 0 bridgehead atoms. The summed E-state index contributed by atoms with van der Waals surface area (Å²) in [7, 11) is 1.52. The number of hydrogen-bond donors (Lipinski definition) is 2. The van der Waals surface area contributed by atoms with Gasteiger partial charge in [0.1, 0.15) is 29.3 Å². The van der Waals surface area contributed by atoms with E-state index in [4.69, 9.17) is 16.3 Å². The molecule has 25 heavy (non-hydrogen) atoms. The van der Waals surface area contributed by atoms with Gasteiger partial charge in [-0.1, -0.05) is 11.6 Å². The molecule has 0 aliphatic rings. The van der Waals surface area contributed by atoms with Gasteiger partial charge in [0.25, 0.3) is 5.82 Å². The number of H-pyrrole nitrogens is 1. The molecule has 9 heteroatoms. The van der Waals surface area contributed by atoms with Gasteiger partial charge in [-0.05, 0) is 24.3 Å². The van der Waals surface area contributed by atoms with Crippen molar-refractivity contribution in [1.29, 1.82) is 0 Å². The number of pyridine rings is 1. The van der Waals surface area contributed by atoms with E-state index in [1.807, 2.05) is 0 Å². The topological polar surface area (TPSA) is 68.0 Å². The molecular formula is C16H16ClF3N3O2+. The molecule has 1 heterocycles. The molecule has 0 aliphatic heterocycles. The van der Waals surface area contributed by atoms with Crippen LogP contribution >= 0.6 is 11.6 Å². The van der Waals surface area contributed by atoms with Gasteiger partial charge in [0.05, 0.1) is 19.2 Å². The first-order chi connectivity index (χ1) is 11.8. The van der Waals surface area contributed by atoms with Crippen molar-refractivity contribution in [3.05, 3.63) is 46.6 Å². The van der Waals surface area contributed by atoms with Crippen LogP contribution in [0.1, 0.15) is 11.1 Å². The average Bonchev–Trinajstić information content (AvgIpc) is 2.56. The van der Waals surface area contributed by atoms with Crippen LogP contribution in [0.2, 0.25) is 5.02 Å². The zero-order valence-electron chi connectivity index (χ0n) is 13.2. The van der Waals surface area contributed by atoms with Crippen LogP contribution < -0.4 is 15.0 Å². The minimum Gasteiger partial charge on any atom is -0.507 e. The first kappa shape index (κ1) is 18.9. The summed E-state index contributed by atoms with van der Waals surface area (Å²) in [6.07, 6.45) is -2.13. The normalized spacial score (nSPS) is 11.7. The van der Waals surface area contributed by atoms with E-state index in [9.17, 15) is 18.3 Å². The number of ether oxygens (including phenoxy) is 1. The predicted molar refractivity (Wildman–Crippen MR) is 88.6 cm³/mol. The van der Waals surface area contributed by atoms with Crippen molar-refractivity contribution in [1.82, 2.24) is 0 Å². The van der Waals surface area contributed by atoms with Crippen LogP contribution in [0.4, 0.5) is 19.0 Å². The fourth-order valence-corrected chi connectivity index (χ4v) is 2.18. The lowest BCUT2D eigenvalue weighted by Crippen LogP contribution is -2.19. The van der Waals surface area contributed by atoms with Crippen LogP contribution in [0, 0.1) is 0 Å². The van der Waals surface area contributed by atoms with E-state index in [1.165, 1.54) is 19.4 Å². The summed E-state index contributed by atoms with van der Waals surface area (Å²) in [5.41, 5.74) is -0.354. The number of halogens is 4. The number of aromatic amines is 1. The number of aliphatic imine (C=N–C) groups is 1. The summed E-state index contributed by atoms with van der Waals surface area (Å²) in [6.45, 7) is 0.657. The number of aromatic hydroxyl groups is 1. The highest BCUT2D eigenvalue weighted by Gasteiger charge is 2.32. The Labute approximate surface area is 147 Å². The Morgan fingerprint density at radius 2 is 2.12 bits per heavy atom. The molecule has 0 fully saturated rings. The molecule has 1 aromatic heterocycles. The highest BCUT2D eigenvalue weighted by atomic mass is 35.5. The number of methoxy groups -OCH3 is 1. The molecule has 5 nitrogen and oxygen atoms in total. The van der Waals surface area contributed by atoms with Gasteiger partial charge in [0.2, 0.25) is 0 Å². The van der Waals surface area contributed by atoms with E-state index in [-0.39, 0.29) is 16.6 Å². The minimum atomic E-state index is -4.46. The molecule has 2 aromatic rings. The Hall–Kier alpha value is -2.48. The standard InChI is InChI=1S/C16H15ClF3N3O2/c1-25-12-2-3-14(24)10(6-12)8-21-4-5-22-15-13(17)7-11(9-23-15)16(18,19)20/h2-3,6-9,24H,4-5H2,1H3,(H,22,23)/p+1. The number of benzene rings is 1. The summed E-state index contributed by atoms with van der Waals surface area (Å²) in [6, 6.07) is 5.59. The van der Waals surface area contributed by atoms with Crippen molar-refractivity contribution in [3.63, 3.8) is 0 Å². The largest absolute Gasteiger partial charge is 0.507 e. The minimum absolute atomic E-state index is 0.0655. The van der Waals surface area contributed by atoms with Crippen LogP contribution in [-0.4, -0.2) is 31.5 Å². The third kappa shape index (κ3) is 5.25. The maximum atomic E-state index is 12.6. The van der Waals surface area contributed by atoms with E-state index in [0.29, 0.717) is 24.4 Å². The molecule has 0 saturated carbocycles. The Morgan fingerprint density at radius 3 is 2.76 bits per heavy atom. The van der Waals surface area contributed by atoms with Crippen molar-refractivity contribution in [3.8, 4) is 11.5 Å². The van der Waals surface area contributed by atoms with Gasteiger partial charge in [-0.15, -0.1) is 0 Å². The lowest BCUT2D eigenvalue weighted by Gasteiger charge is -2.06. The van der Waals surface area contributed by atoms with Gasteiger partial charge in [-0.2, -0.15) is 13.2 Å². The van der Waals surface area contributed by atoms with Crippen molar-refractivity contribution >= 4 is 23.6 Å². The summed E-state index contributed by atoms with van der Waals surface area (Å²) >= 11 is 5.82. The Kier molecular flexibility index (Phi) is 6.08. The average molecular weight is 375 g/mol. The number of nitrogens with zero attached hydrogens (tertiary/aromatic N) is 1. The van der Waals surface area contributed by atoms with E-state index in [1.54, 1.807) is 12.1 Å². The van der Waals surface area contributed by atoms with Gasteiger partial charge < -0.3 is 9.84 Å². The molecule has 134 valence electrons. The van der Waals surface area contributed by atoms with Crippen LogP contribution in [0.5, 0.6) is 11.5 Å². The number of aromatic nitrogens is 1. The number of nitrogens with one attached hydrogen (secondary N) is 2. The second-order valence-electron chi connectivity index (χ2n) is 5.00. The molecular weight excluding hydrogens is 359 g/mol. The molecule has 3 N–H and O–H groups in total. The van der Waals surface area contributed by atoms with E-state index in [0.717, 1.165) is 12.3 Å². The van der Waals surface area contributed by atoms with Crippen LogP contribution in [-0.2, 0) is 6.18 Å². The van der Waals surface area contributed by atoms with E-state index < -0.39 is 11.7 Å². The molecule has 0 atom stereocenters. The van der Waals surface area contributed by atoms with Gasteiger partial charge >= 0.3 is 6.18 Å². The summed E-state index contributed by atoms with van der Waals surface area (Å²) in [5, 5.41) is 12.5. The van der Waals surface area contributed by atoms with E-state index in [2.05, 4.69) is 15.3 Å². The monoisotopic (exact) mass is 374 g/mol. The van der Waals surface area contributed by atoms with Gasteiger partial charge in [-0.3, -0.25) is 10.3 Å². The van der Waals surface area contributed by atoms with Crippen LogP contribution in [0.15, 0.2) is 35.5 Å². The Balaban J connectivity index is 1.91. The van der Waals surface area contributed by atoms with Crippen LogP contribution in [0.25, 0.3) is 0 Å². The highest BCUT2D eigenvalue weighted by molar-refractivity contribution is 6.32. The quantitative estimate of drug-likeness (QED) is 0.601. The lowest BCUT2D eigenvalue weighted by atomic mass is 10.2. The van der Waals surface area contributed by atoms with Crippen molar-refractivity contribution in [2.24, 2.45) is 4.99 Å². The van der Waals surface area contributed by atoms with E-state index >= 15 is 0 Å². The highest BCUT2D eigenvalue weighted by Crippen LogP contribution is 2.31. The Morgan fingerprint density at radius 1 is 1.36 bits per heavy atom. The first-order valence-corrected chi connectivity index (χ1v) is 7.58. The molecule has 0 saturated heterocycles. The van der Waals surface area contributed by atoms with Crippen molar-refractivity contribution in [2.45, 2.75) is 6.18 Å². The number of phenolic OH excluding ortho intramolecular Hbond substituents is 1. The molecule has 1 aromatic carbocycles. The smallest absolute Gasteiger partial charge is 0.419 e. The zero-order chi connectivity index (χ0) is 18.4. The third-order valence-corrected chi connectivity index (χ3v) is 3.53. The van der Waals surface area contributed by atoms with Gasteiger partial charge in [0, 0.05) is 11.8 Å². The maximum absolute atomic E-state index is 12.6. The second kappa shape index (κ2) is 8.06. The number of rotatable bonds is 6. The molecule has 0 unspecified atom stereocenters. The SMILES string of the molecule is COc1ccc(O)c(C=NCCNc2[nH+]cc(C(F)(F)F)cc2Cl)c1. The van der Waals surface area contributed by atoms with Crippen molar-refractivity contribution in [2.75, 3.05) is 25.5 Å². The third-order valence-electron chi connectivity index (χ3n) is 3.23. The maximum Gasteiger partial charge on any atom is 0.419 e. The number of anilines is 1. The fourth-order valence-electron chi connectivity index (χ4n) is 1.94. The van der Waals surface area contributed by atoms with Gasteiger partial charge in [0.15, 0.2) is 0 Å². The number of hydrogen-bond acceptors (Lipinski definition) is 4. The Bertz CT molecular complexity index is 767. The van der Waals surface area contributed by atoms with Crippen molar-refractivity contribution < 1.29 is 28.0 Å². The summed E-state index contributed by atoms with van der Waals surface area (Å²) in [4.78, 5) is 6.61. The molecule has 0 radical (unpaired) electrons. The molecule has 0 aliphatic carbocycles. The predicted octanol–water partition coefficient (Wildman–Crippen LogP) is 3.42. The fraction of sp³-hybridized carbons (Fsp3) is 0.250. The molecule has 2 rings (SSSR count). The van der Waals surface area contributed by atoms with Crippen LogP contribution in [0.3, 0.4) is 0 Å². The number of alkyl halides is 3.